The van der Waals surface area contributed by atoms with Gasteiger partial charge in [0, 0.05) is 18.1 Å². The summed E-state index contributed by atoms with van der Waals surface area (Å²) in [5.74, 6) is 0.380. The molecule has 2 aromatic rings. The first-order valence-electron chi connectivity index (χ1n) is 11.7. The van der Waals surface area contributed by atoms with E-state index in [9.17, 15) is 14.4 Å². The monoisotopic (exact) mass is 592 g/mol. The van der Waals surface area contributed by atoms with Gasteiger partial charge in [-0.25, -0.2) is 0 Å². The van der Waals surface area contributed by atoms with Crippen molar-refractivity contribution in [3.8, 4) is 11.5 Å². The molecule has 0 aromatic heterocycles. The van der Waals surface area contributed by atoms with Crippen LogP contribution < -0.4 is 9.47 Å². The summed E-state index contributed by atoms with van der Waals surface area (Å²) in [5.41, 5.74) is 1.61. The summed E-state index contributed by atoms with van der Waals surface area (Å²) in [5, 5.41) is 0.211. The molecule has 0 atom stereocenters. The SMILES string of the molecule is CCOc1cc(/C=C2\SC(=O)N(CC(=O)N3CCCCC3)C2=O)cc(Br)c1OCc1ccc(Cl)cc1. The maximum Gasteiger partial charge on any atom is 0.294 e. The summed E-state index contributed by atoms with van der Waals surface area (Å²) in [7, 11) is 0. The van der Waals surface area contributed by atoms with Crippen molar-refractivity contribution in [2.75, 3.05) is 26.2 Å². The molecule has 0 saturated carbocycles. The summed E-state index contributed by atoms with van der Waals surface area (Å²) in [6.45, 7) is 3.72. The molecule has 3 amide bonds. The molecule has 2 aliphatic rings. The van der Waals surface area contributed by atoms with E-state index in [0.717, 1.165) is 41.5 Å². The Morgan fingerprint density at radius 3 is 2.53 bits per heavy atom. The minimum Gasteiger partial charge on any atom is -0.490 e. The molecule has 0 unspecified atom stereocenters. The van der Waals surface area contributed by atoms with Gasteiger partial charge in [0.1, 0.15) is 13.2 Å². The van der Waals surface area contributed by atoms with Crippen molar-refractivity contribution in [3.05, 3.63) is 61.9 Å². The number of imide groups is 1. The van der Waals surface area contributed by atoms with E-state index in [1.54, 1.807) is 35.2 Å². The standard InChI is InChI=1S/C26H26BrClN2O5S/c1-2-34-21-13-18(12-20(27)24(21)35-16-17-6-8-19(28)9-7-17)14-22-25(32)30(26(33)36-22)15-23(31)29-10-4-3-5-11-29/h6-9,12-14H,2-5,10-11,15-16H2,1H3/b22-14-. The molecular weight excluding hydrogens is 568 g/mol. The van der Waals surface area contributed by atoms with Gasteiger partial charge >= 0.3 is 0 Å². The summed E-state index contributed by atoms with van der Waals surface area (Å²) in [6, 6.07) is 10.9. The maximum absolute atomic E-state index is 13.0. The second-order valence-corrected chi connectivity index (χ2v) is 10.7. The highest BCUT2D eigenvalue weighted by Gasteiger charge is 2.37. The summed E-state index contributed by atoms with van der Waals surface area (Å²) >= 11 is 10.3. The van der Waals surface area contributed by atoms with Gasteiger partial charge in [-0.3, -0.25) is 19.3 Å². The number of rotatable bonds is 8. The van der Waals surface area contributed by atoms with E-state index in [-0.39, 0.29) is 17.4 Å². The van der Waals surface area contributed by atoms with Gasteiger partial charge in [-0.1, -0.05) is 23.7 Å². The van der Waals surface area contributed by atoms with Gasteiger partial charge < -0.3 is 14.4 Å². The number of carbonyl (C=O) groups is 3. The van der Waals surface area contributed by atoms with Crippen LogP contribution in [0.5, 0.6) is 11.5 Å². The smallest absolute Gasteiger partial charge is 0.294 e. The molecule has 7 nitrogen and oxygen atoms in total. The minimum absolute atomic E-state index is 0.193. The van der Waals surface area contributed by atoms with E-state index in [1.807, 2.05) is 19.1 Å². The van der Waals surface area contributed by atoms with E-state index in [0.29, 0.717) is 52.9 Å². The van der Waals surface area contributed by atoms with E-state index >= 15 is 0 Å². The quantitative estimate of drug-likeness (QED) is 0.343. The number of amides is 3. The third kappa shape index (κ3) is 6.44. The fraction of sp³-hybridized carbons (Fsp3) is 0.346. The van der Waals surface area contributed by atoms with Crippen molar-refractivity contribution >= 4 is 62.4 Å². The van der Waals surface area contributed by atoms with E-state index in [2.05, 4.69) is 15.9 Å². The predicted octanol–water partition coefficient (Wildman–Crippen LogP) is 6.13. The molecule has 0 bridgehead atoms. The number of piperidine rings is 1. The number of thioether (sulfide) groups is 1. The Morgan fingerprint density at radius 1 is 1.11 bits per heavy atom. The van der Waals surface area contributed by atoms with Crippen LogP contribution in [0, 0.1) is 0 Å². The van der Waals surface area contributed by atoms with Crippen LogP contribution in [-0.4, -0.2) is 53.1 Å². The molecule has 36 heavy (non-hydrogen) atoms. The molecule has 2 aliphatic heterocycles. The number of likely N-dealkylation sites (tertiary alicyclic amines) is 1. The van der Waals surface area contributed by atoms with Crippen molar-refractivity contribution < 1.29 is 23.9 Å². The number of hydrogen-bond donors (Lipinski definition) is 0. The molecule has 4 rings (SSSR count). The second kappa shape index (κ2) is 12.2. The average molecular weight is 594 g/mol. The highest BCUT2D eigenvalue weighted by molar-refractivity contribution is 9.10. The van der Waals surface area contributed by atoms with Gasteiger partial charge in [-0.15, -0.1) is 0 Å². The molecule has 2 heterocycles. The fourth-order valence-electron chi connectivity index (χ4n) is 3.98. The number of carbonyl (C=O) groups excluding carboxylic acids is 3. The summed E-state index contributed by atoms with van der Waals surface area (Å²) in [6.07, 6.45) is 4.62. The third-order valence-corrected chi connectivity index (χ3v) is 7.55. The highest BCUT2D eigenvalue weighted by Crippen LogP contribution is 2.39. The summed E-state index contributed by atoms with van der Waals surface area (Å²) in [4.78, 5) is 41.1. The lowest BCUT2D eigenvalue weighted by atomic mass is 10.1. The van der Waals surface area contributed by atoms with Crippen LogP contribution in [0.1, 0.15) is 37.3 Å². The molecule has 0 spiro atoms. The normalized spacial score (nSPS) is 17.1. The van der Waals surface area contributed by atoms with Crippen molar-refractivity contribution in [3.63, 3.8) is 0 Å². The van der Waals surface area contributed by atoms with Gasteiger partial charge in [0.2, 0.25) is 5.91 Å². The van der Waals surface area contributed by atoms with Gasteiger partial charge in [-0.05, 0) is 95.3 Å². The molecule has 0 radical (unpaired) electrons. The van der Waals surface area contributed by atoms with Crippen LogP contribution in [0.25, 0.3) is 6.08 Å². The Morgan fingerprint density at radius 2 is 1.83 bits per heavy atom. The van der Waals surface area contributed by atoms with E-state index in [1.165, 1.54) is 0 Å². The van der Waals surface area contributed by atoms with Crippen LogP contribution in [-0.2, 0) is 16.2 Å². The lowest BCUT2D eigenvalue weighted by Gasteiger charge is -2.27. The Balaban J connectivity index is 1.50. The van der Waals surface area contributed by atoms with E-state index in [4.69, 9.17) is 21.1 Å². The van der Waals surface area contributed by atoms with Crippen LogP contribution in [0.4, 0.5) is 4.79 Å². The zero-order chi connectivity index (χ0) is 25.7. The Hall–Kier alpha value is -2.49. The Labute approximate surface area is 227 Å². The first kappa shape index (κ1) is 26.6. The largest absolute Gasteiger partial charge is 0.490 e. The third-order valence-electron chi connectivity index (χ3n) is 5.80. The molecule has 2 saturated heterocycles. The van der Waals surface area contributed by atoms with Crippen LogP contribution in [0.2, 0.25) is 5.02 Å². The lowest BCUT2D eigenvalue weighted by molar-refractivity contribution is -0.136. The Bertz CT molecular complexity index is 1180. The first-order valence-corrected chi connectivity index (χ1v) is 13.7. The van der Waals surface area contributed by atoms with Crippen molar-refractivity contribution in [1.29, 1.82) is 0 Å². The second-order valence-electron chi connectivity index (χ2n) is 8.39. The van der Waals surface area contributed by atoms with Crippen LogP contribution >= 0.6 is 39.3 Å². The molecule has 10 heteroatoms. The fourth-order valence-corrected chi connectivity index (χ4v) is 5.52. The van der Waals surface area contributed by atoms with Crippen molar-refractivity contribution in [2.24, 2.45) is 0 Å². The lowest BCUT2D eigenvalue weighted by Crippen LogP contribution is -2.44. The molecule has 2 fully saturated rings. The minimum atomic E-state index is -0.465. The zero-order valence-electron chi connectivity index (χ0n) is 19.8. The number of ether oxygens (including phenoxy) is 2. The average Bonchev–Trinajstić information content (AvgIpc) is 3.12. The van der Waals surface area contributed by atoms with Crippen LogP contribution in [0.15, 0.2) is 45.8 Å². The molecular formula is C26H26BrClN2O5S. The van der Waals surface area contributed by atoms with Crippen molar-refractivity contribution in [1.82, 2.24) is 9.80 Å². The predicted molar refractivity (Wildman–Crippen MR) is 144 cm³/mol. The van der Waals surface area contributed by atoms with E-state index < -0.39 is 11.1 Å². The van der Waals surface area contributed by atoms with Crippen molar-refractivity contribution in [2.45, 2.75) is 32.8 Å². The zero-order valence-corrected chi connectivity index (χ0v) is 23.0. The van der Waals surface area contributed by atoms with Gasteiger partial charge in [-0.2, -0.15) is 0 Å². The van der Waals surface area contributed by atoms with Gasteiger partial charge in [0.15, 0.2) is 11.5 Å². The first-order chi connectivity index (χ1) is 17.4. The van der Waals surface area contributed by atoms with Gasteiger partial charge in [0.25, 0.3) is 11.1 Å². The number of halogens is 2. The molecule has 0 aliphatic carbocycles. The summed E-state index contributed by atoms with van der Waals surface area (Å²) < 4.78 is 12.5. The Kier molecular flexibility index (Phi) is 8.98. The molecule has 2 aromatic carbocycles. The van der Waals surface area contributed by atoms with Gasteiger partial charge in [0.05, 0.1) is 16.0 Å². The molecule has 190 valence electrons. The maximum atomic E-state index is 13.0. The number of hydrogen-bond acceptors (Lipinski definition) is 6. The topological polar surface area (TPSA) is 76.2 Å². The van der Waals surface area contributed by atoms with Crippen LogP contribution in [0.3, 0.4) is 0 Å². The molecule has 0 N–H and O–H groups in total. The number of benzene rings is 2. The highest BCUT2D eigenvalue weighted by atomic mass is 79.9. The number of nitrogens with zero attached hydrogens (tertiary/aromatic N) is 2.